The fraction of sp³-hybridized carbons (Fsp3) is 0.111. The molecule has 0 aliphatic carbocycles. The Bertz CT molecular complexity index is 1210. The van der Waals surface area contributed by atoms with Gasteiger partial charge in [0.05, 0.1) is 11.8 Å². The van der Waals surface area contributed by atoms with Gasteiger partial charge in [0.2, 0.25) is 6.54 Å². The molecule has 1 unspecified atom stereocenters. The van der Waals surface area contributed by atoms with Gasteiger partial charge in [-0.1, -0.05) is 103 Å². The Morgan fingerprint density at radius 3 is 1.75 bits per heavy atom. The molecule has 0 heterocycles. The highest BCUT2D eigenvalue weighted by Crippen LogP contribution is 2.35. The maximum Gasteiger partial charge on any atom is 0.211 e. The molecular weight excluding hydrogens is 402 g/mol. The van der Waals surface area contributed by atoms with Gasteiger partial charge in [0.15, 0.2) is 11.6 Å². The van der Waals surface area contributed by atoms with Gasteiger partial charge in [0, 0.05) is 16.1 Å². The molecule has 5 nitrogen and oxygen atoms in total. The van der Waals surface area contributed by atoms with Crippen LogP contribution in [-0.2, 0) is 0 Å². The third kappa shape index (κ3) is 4.32. The zero-order valence-electron chi connectivity index (χ0n) is 17.3. The minimum Gasteiger partial charge on any atom is -0.293 e. The van der Waals surface area contributed by atoms with E-state index in [1.807, 2.05) is 36.4 Å². The van der Waals surface area contributed by atoms with Crippen LogP contribution in [0.5, 0.6) is 0 Å². The third-order valence-electron chi connectivity index (χ3n) is 5.65. The third-order valence-corrected chi connectivity index (χ3v) is 5.65. The molecule has 0 aliphatic rings. The Morgan fingerprint density at radius 1 is 0.688 bits per heavy atom. The zero-order valence-corrected chi connectivity index (χ0v) is 17.3. The minimum atomic E-state index is -1.23. The quantitative estimate of drug-likeness (QED) is 0.160. The molecule has 0 bridgehead atoms. The van der Waals surface area contributed by atoms with E-state index in [1.54, 1.807) is 66.7 Å². The van der Waals surface area contributed by atoms with Gasteiger partial charge in [-0.3, -0.25) is 19.7 Å². The molecule has 32 heavy (non-hydrogen) atoms. The Hall–Kier alpha value is -4.12. The van der Waals surface area contributed by atoms with Gasteiger partial charge in [0.25, 0.3) is 0 Å². The predicted octanol–water partition coefficient (Wildman–Crippen LogP) is 5.58. The summed E-state index contributed by atoms with van der Waals surface area (Å²) >= 11 is 0. The number of nitrogens with zero attached hydrogens (tertiary/aromatic N) is 1. The Kier molecular flexibility index (Phi) is 6.17. The zero-order chi connectivity index (χ0) is 22.5. The number of rotatable bonds is 8. The Morgan fingerprint density at radius 2 is 1.19 bits per heavy atom. The summed E-state index contributed by atoms with van der Waals surface area (Å²) in [5.74, 6) is -2.98. The lowest BCUT2D eigenvalue weighted by Gasteiger charge is -2.24. The minimum absolute atomic E-state index is 0.357. The van der Waals surface area contributed by atoms with E-state index in [9.17, 15) is 19.7 Å². The lowest BCUT2D eigenvalue weighted by Crippen LogP contribution is -2.34. The van der Waals surface area contributed by atoms with Crippen molar-refractivity contribution in [2.45, 2.75) is 5.92 Å². The molecule has 0 N–H and O–H groups in total. The van der Waals surface area contributed by atoms with Crippen molar-refractivity contribution in [2.24, 2.45) is 5.92 Å². The van der Waals surface area contributed by atoms with Gasteiger partial charge in [-0.05, 0) is 16.3 Å². The summed E-state index contributed by atoms with van der Waals surface area (Å²) < 4.78 is 0. The molecule has 5 heteroatoms. The van der Waals surface area contributed by atoms with Crippen LogP contribution in [0.2, 0.25) is 0 Å². The van der Waals surface area contributed by atoms with Crippen LogP contribution >= 0.6 is 0 Å². The summed E-state index contributed by atoms with van der Waals surface area (Å²) in [6, 6.07) is 30.0. The average Bonchev–Trinajstić information content (AvgIpc) is 2.84. The maximum atomic E-state index is 13.6. The second-order valence-corrected chi connectivity index (χ2v) is 7.63. The summed E-state index contributed by atoms with van der Waals surface area (Å²) in [5, 5.41) is 13.4. The SMILES string of the molecule is O=C(c1ccccc1)C(C(=O)c1ccccc1)C(C[N+](=O)[O-])c1cccc2ccccc12. The van der Waals surface area contributed by atoms with Gasteiger partial charge in [-0.15, -0.1) is 0 Å². The van der Waals surface area contributed by atoms with Crippen molar-refractivity contribution in [3.63, 3.8) is 0 Å². The molecule has 158 valence electrons. The summed E-state index contributed by atoms with van der Waals surface area (Å²) in [7, 11) is 0. The molecule has 1 atom stereocenters. The molecule has 0 saturated heterocycles. The number of carbonyl (C=O) groups excluding carboxylic acids is 2. The average molecular weight is 423 g/mol. The van der Waals surface area contributed by atoms with Gasteiger partial charge in [0.1, 0.15) is 0 Å². The van der Waals surface area contributed by atoms with Crippen molar-refractivity contribution in [1.29, 1.82) is 0 Å². The molecule has 0 aliphatic heterocycles. The van der Waals surface area contributed by atoms with Crippen LogP contribution in [0.25, 0.3) is 10.8 Å². The van der Waals surface area contributed by atoms with Crippen LogP contribution in [-0.4, -0.2) is 23.0 Å². The number of nitro groups is 1. The van der Waals surface area contributed by atoms with Crippen LogP contribution in [0.3, 0.4) is 0 Å². The summed E-state index contributed by atoms with van der Waals surface area (Å²) in [6.07, 6.45) is 0. The molecule has 0 spiro atoms. The molecule has 4 rings (SSSR count). The Balaban J connectivity index is 1.91. The molecular formula is C27H21NO4. The van der Waals surface area contributed by atoms with E-state index in [0.717, 1.165) is 10.8 Å². The standard InChI is InChI=1S/C27H21NO4/c29-26(20-11-3-1-4-12-20)25(27(30)21-13-5-2-6-14-21)24(18-28(31)32)23-17-9-15-19-10-7-8-16-22(19)23/h1-17,24-25H,18H2. The van der Waals surface area contributed by atoms with E-state index in [4.69, 9.17) is 0 Å². The summed E-state index contributed by atoms with van der Waals surface area (Å²) in [6.45, 7) is -0.532. The number of hydrogen-bond acceptors (Lipinski definition) is 4. The molecule has 4 aromatic rings. The summed E-state index contributed by atoms with van der Waals surface area (Å²) in [4.78, 5) is 38.6. The second-order valence-electron chi connectivity index (χ2n) is 7.63. The number of Topliss-reactive ketones (excluding diaryl/α,β-unsaturated/α-hetero) is 2. The number of hydrogen-bond donors (Lipinski definition) is 0. The van der Waals surface area contributed by atoms with E-state index < -0.39 is 34.9 Å². The monoisotopic (exact) mass is 423 g/mol. The van der Waals surface area contributed by atoms with Crippen LogP contribution < -0.4 is 0 Å². The van der Waals surface area contributed by atoms with Gasteiger partial charge in [-0.2, -0.15) is 0 Å². The normalized spacial score (nSPS) is 11.9. The molecule has 0 radical (unpaired) electrons. The van der Waals surface area contributed by atoms with Crippen LogP contribution in [0.4, 0.5) is 0 Å². The highest BCUT2D eigenvalue weighted by Gasteiger charge is 2.40. The Labute approximate surface area is 185 Å². The highest BCUT2D eigenvalue weighted by molar-refractivity contribution is 6.17. The van der Waals surface area contributed by atoms with Crippen LogP contribution in [0, 0.1) is 16.0 Å². The molecule has 0 saturated carbocycles. The molecule has 4 aromatic carbocycles. The van der Waals surface area contributed by atoms with E-state index in [0.29, 0.717) is 16.7 Å². The van der Waals surface area contributed by atoms with E-state index in [-0.39, 0.29) is 0 Å². The molecule has 0 amide bonds. The first-order valence-electron chi connectivity index (χ1n) is 10.3. The highest BCUT2D eigenvalue weighted by atomic mass is 16.6. The van der Waals surface area contributed by atoms with Crippen molar-refractivity contribution in [3.05, 3.63) is 130 Å². The fourth-order valence-corrected chi connectivity index (χ4v) is 4.17. The van der Waals surface area contributed by atoms with Crippen LogP contribution in [0.15, 0.2) is 103 Å². The second kappa shape index (κ2) is 9.35. The topological polar surface area (TPSA) is 77.3 Å². The van der Waals surface area contributed by atoms with E-state index in [1.165, 1.54) is 0 Å². The number of fused-ring (bicyclic) bond motifs is 1. The van der Waals surface area contributed by atoms with Crippen molar-refractivity contribution in [1.82, 2.24) is 0 Å². The van der Waals surface area contributed by atoms with E-state index >= 15 is 0 Å². The largest absolute Gasteiger partial charge is 0.293 e. The predicted molar refractivity (Wildman–Crippen MR) is 124 cm³/mol. The summed E-state index contributed by atoms with van der Waals surface area (Å²) in [5.41, 5.74) is 1.34. The number of carbonyl (C=O) groups is 2. The van der Waals surface area contributed by atoms with Gasteiger partial charge in [-0.25, -0.2) is 0 Å². The molecule has 0 fully saturated rings. The van der Waals surface area contributed by atoms with Crippen molar-refractivity contribution in [2.75, 3.05) is 6.54 Å². The van der Waals surface area contributed by atoms with Crippen molar-refractivity contribution in [3.8, 4) is 0 Å². The smallest absolute Gasteiger partial charge is 0.211 e. The van der Waals surface area contributed by atoms with Gasteiger partial charge < -0.3 is 0 Å². The number of ketones is 2. The van der Waals surface area contributed by atoms with Crippen molar-refractivity contribution >= 4 is 22.3 Å². The van der Waals surface area contributed by atoms with E-state index in [2.05, 4.69) is 0 Å². The molecule has 0 aromatic heterocycles. The first-order chi connectivity index (χ1) is 15.6. The lowest BCUT2D eigenvalue weighted by molar-refractivity contribution is -0.484. The van der Waals surface area contributed by atoms with Crippen molar-refractivity contribution < 1.29 is 14.5 Å². The van der Waals surface area contributed by atoms with Gasteiger partial charge >= 0.3 is 0 Å². The lowest BCUT2D eigenvalue weighted by atomic mass is 9.75. The number of benzene rings is 4. The first-order valence-corrected chi connectivity index (χ1v) is 10.3. The van der Waals surface area contributed by atoms with Crippen LogP contribution in [0.1, 0.15) is 32.2 Å². The maximum absolute atomic E-state index is 13.6. The first kappa shape index (κ1) is 21.1. The fourth-order valence-electron chi connectivity index (χ4n) is 4.17.